The van der Waals surface area contributed by atoms with Gasteiger partial charge in [-0.15, -0.1) is 5.43 Å². The number of carbonyl (C=O) groups excluding carboxylic acids is 2. The second kappa shape index (κ2) is 9.42. The van der Waals surface area contributed by atoms with Crippen molar-refractivity contribution in [2.75, 3.05) is 18.5 Å². The van der Waals surface area contributed by atoms with Crippen LogP contribution in [0.15, 0.2) is 30.3 Å². The molecule has 1 heterocycles. The minimum absolute atomic E-state index is 0.252. The topological polar surface area (TPSA) is 137 Å². The van der Waals surface area contributed by atoms with Crippen molar-refractivity contribution in [3.05, 3.63) is 40.4 Å². The molecule has 1 aliphatic heterocycles. The summed E-state index contributed by atoms with van der Waals surface area (Å²) < 4.78 is 4.42. The highest BCUT2D eigenvalue weighted by Crippen LogP contribution is 2.06. The molecule has 0 radical (unpaired) electrons. The van der Waals surface area contributed by atoms with Crippen LogP contribution in [0.5, 0.6) is 0 Å². The standard InChI is InChI=1S/C7H12N2O3.C6H6N2O2/c8-4-6(10)12-7(11)5-2-1-3-9-5;9-8(10)7-6-4-2-1-3-5-6/h5,9H,1-4,8H2;1-5,7H/t5-;/m0./s1. The summed E-state index contributed by atoms with van der Waals surface area (Å²) in [7, 11) is 0. The van der Waals surface area contributed by atoms with Gasteiger partial charge < -0.3 is 15.8 Å². The van der Waals surface area contributed by atoms with Crippen LogP contribution in [0, 0.1) is 10.1 Å². The van der Waals surface area contributed by atoms with E-state index < -0.39 is 17.0 Å². The van der Waals surface area contributed by atoms with E-state index in [1.807, 2.05) is 5.43 Å². The summed E-state index contributed by atoms with van der Waals surface area (Å²) in [4.78, 5) is 31.5. The number of carbonyl (C=O) groups is 2. The lowest BCUT2D eigenvalue weighted by atomic mass is 10.2. The smallest absolute Gasteiger partial charge is 0.330 e. The zero-order valence-corrected chi connectivity index (χ0v) is 11.9. The molecular formula is C13H18N4O5. The summed E-state index contributed by atoms with van der Waals surface area (Å²) in [6.07, 6.45) is 1.67. The molecule has 2 rings (SSSR count). The third kappa shape index (κ3) is 6.77. The highest BCUT2D eigenvalue weighted by molar-refractivity contribution is 5.89. The lowest BCUT2D eigenvalue weighted by Gasteiger charge is -2.07. The molecule has 0 aliphatic carbocycles. The number of nitrogens with one attached hydrogen (secondary N) is 2. The van der Waals surface area contributed by atoms with Gasteiger partial charge in [0.1, 0.15) is 11.7 Å². The van der Waals surface area contributed by atoms with Gasteiger partial charge >= 0.3 is 11.9 Å². The number of nitrogens with two attached hydrogens (primary N) is 1. The quantitative estimate of drug-likeness (QED) is 0.307. The molecule has 9 nitrogen and oxygen atoms in total. The maximum atomic E-state index is 11.1. The minimum Gasteiger partial charge on any atom is -0.391 e. The van der Waals surface area contributed by atoms with Crippen LogP contribution in [0.25, 0.3) is 0 Å². The van der Waals surface area contributed by atoms with Crippen LogP contribution in [0.1, 0.15) is 12.8 Å². The molecule has 0 amide bonds. The van der Waals surface area contributed by atoms with Gasteiger partial charge in [-0.3, -0.25) is 4.79 Å². The second-order valence-corrected chi connectivity index (χ2v) is 4.38. The first-order valence-corrected chi connectivity index (χ1v) is 6.67. The summed E-state index contributed by atoms with van der Waals surface area (Å²) in [6, 6.07) is 8.19. The molecule has 1 saturated heterocycles. The molecule has 1 aliphatic rings. The molecule has 120 valence electrons. The fourth-order valence-corrected chi connectivity index (χ4v) is 1.73. The second-order valence-electron chi connectivity index (χ2n) is 4.38. The fourth-order valence-electron chi connectivity index (χ4n) is 1.73. The number of ether oxygens (including phenoxy) is 1. The number of nitrogens with zero attached hydrogens (tertiary/aromatic N) is 1. The van der Waals surface area contributed by atoms with Crippen molar-refractivity contribution < 1.29 is 19.4 Å². The highest BCUT2D eigenvalue weighted by atomic mass is 16.7. The van der Waals surface area contributed by atoms with Crippen LogP contribution < -0.4 is 16.5 Å². The van der Waals surface area contributed by atoms with E-state index in [1.54, 1.807) is 30.3 Å². The lowest BCUT2D eigenvalue weighted by Crippen LogP contribution is -2.35. The first kappa shape index (κ1) is 17.5. The third-order valence-electron chi connectivity index (χ3n) is 2.72. The maximum absolute atomic E-state index is 11.1. The van der Waals surface area contributed by atoms with Gasteiger partial charge in [-0.2, -0.15) is 0 Å². The van der Waals surface area contributed by atoms with Crippen molar-refractivity contribution in [1.82, 2.24) is 5.32 Å². The number of hydrogen-bond donors (Lipinski definition) is 3. The maximum Gasteiger partial charge on any atom is 0.330 e. The van der Waals surface area contributed by atoms with Gasteiger partial charge in [0, 0.05) is 0 Å². The number of hydrazine groups is 1. The number of anilines is 1. The average Bonchev–Trinajstić information content (AvgIpc) is 3.02. The van der Waals surface area contributed by atoms with Crippen molar-refractivity contribution in [3.8, 4) is 0 Å². The van der Waals surface area contributed by atoms with Gasteiger partial charge in [0.15, 0.2) is 5.03 Å². The summed E-state index contributed by atoms with van der Waals surface area (Å²) in [5.41, 5.74) is 7.49. The van der Waals surface area contributed by atoms with Crippen molar-refractivity contribution in [2.45, 2.75) is 18.9 Å². The Hall–Kier alpha value is -2.52. The van der Waals surface area contributed by atoms with E-state index in [0.29, 0.717) is 5.69 Å². The van der Waals surface area contributed by atoms with Gasteiger partial charge in [-0.1, -0.05) is 18.2 Å². The van der Waals surface area contributed by atoms with Crippen LogP contribution in [0.4, 0.5) is 5.69 Å². The van der Waals surface area contributed by atoms with Crippen LogP contribution in [0.2, 0.25) is 0 Å². The van der Waals surface area contributed by atoms with Gasteiger partial charge in [-0.05, 0) is 31.5 Å². The Bertz CT molecular complexity index is 502. The molecule has 1 fully saturated rings. The molecule has 9 heteroatoms. The Morgan fingerprint density at radius 2 is 2.09 bits per heavy atom. The number of nitro groups is 1. The Morgan fingerprint density at radius 1 is 1.41 bits per heavy atom. The Balaban J connectivity index is 0.000000224. The van der Waals surface area contributed by atoms with E-state index in [-0.39, 0.29) is 12.6 Å². The highest BCUT2D eigenvalue weighted by Gasteiger charge is 2.24. The van der Waals surface area contributed by atoms with E-state index in [0.717, 1.165) is 19.4 Å². The van der Waals surface area contributed by atoms with Crippen LogP contribution >= 0.6 is 0 Å². The van der Waals surface area contributed by atoms with Gasteiger partial charge in [0.05, 0.1) is 6.54 Å². The first-order chi connectivity index (χ1) is 10.5. The molecule has 1 atom stereocenters. The molecule has 0 bridgehead atoms. The number of rotatable bonds is 4. The van der Waals surface area contributed by atoms with Crippen LogP contribution in [-0.2, 0) is 14.3 Å². The number of benzene rings is 1. The van der Waals surface area contributed by atoms with Gasteiger partial charge in [-0.25, -0.2) is 14.9 Å². The summed E-state index contributed by atoms with van der Waals surface area (Å²) in [6.45, 7) is 0.551. The zero-order valence-electron chi connectivity index (χ0n) is 11.9. The van der Waals surface area contributed by atoms with Crippen LogP contribution in [-0.4, -0.2) is 36.1 Å². The monoisotopic (exact) mass is 310 g/mol. The van der Waals surface area contributed by atoms with Crippen molar-refractivity contribution in [3.63, 3.8) is 0 Å². The molecule has 22 heavy (non-hydrogen) atoms. The molecule has 4 N–H and O–H groups in total. The third-order valence-corrected chi connectivity index (χ3v) is 2.72. The minimum atomic E-state index is -0.672. The van der Waals surface area contributed by atoms with E-state index >= 15 is 0 Å². The molecule has 0 aromatic heterocycles. The normalized spacial score (nSPS) is 16.1. The van der Waals surface area contributed by atoms with E-state index in [1.165, 1.54) is 0 Å². The van der Waals surface area contributed by atoms with Crippen molar-refractivity contribution in [2.24, 2.45) is 5.73 Å². The molecule has 1 aromatic carbocycles. The zero-order chi connectivity index (χ0) is 16.4. The SMILES string of the molecule is NCC(=O)OC(=O)[C@@H]1CCCN1.O=[N+]([O-])Nc1ccccc1. The molecule has 1 aromatic rings. The number of para-hydroxylation sites is 1. The summed E-state index contributed by atoms with van der Waals surface area (Å²) in [5, 5.41) is 12.2. The number of hydrogen-bond acceptors (Lipinski definition) is 7. The summed E-state index contributed by atoms with van der Waals surface area (Å²) >= 11 is 0. The van der Waals surface area contributed by atoms with E-state index in [9.17, 15) is 19.7 Å². The Labute approximate surface area is 126 Å². The predicted octanol–water partition coefficient (Wildman–Crippen LogP) is 0.0571. The van der Waals surface area contributed by atoms with Crippen LogP contribution in [0.3, 0.4) is 0 Å². The first-order valence-electron chi connectivity index (χ1n) is 6.67. The fraction of sp³-hybridized carbons (Fsp3) is 0.385. The Morgan fingerprint density at radius 3 is 2.59 bits per heavy atom. The van der Waals surface area contributed by atoms with Crippen molar-refractivity contribution >= 4 is 17.6 Å². The lowest BCUT2D eigenvalue weighted by molar-refractivity contribution is -0.445. The molecular weight excluding hydrogens is 292 g/mol. The van der Waals surface area contributed by atoms with Gasteiger partial charge in [0.2, 0.25) is 0 Å². The largest absolute Gasteiger partial charge is 0.391 e. The Kier molecular flexibility index (Phi) is 7.51. The van der Waals surface area contributed by atoms with Crippen molar-refractivity contribution in [1.29, 1.82) is 0 Å². The van der Waals surface area contributed by atoms with E-state index in [2.05, 4.69) is 10.1 Å². The van der Waals surface area contributed by atoms with Gasteiger partial charge in [0.25, 0.3) is 0 Å². The predicted molar refractivity (Wildman–Crippen MR) is 78.2 cm³/mol. The van der Waals surface area contributed by atoms with E-state index in [4.69, 9.17) is 5.73 Å². The molecule has 0 spiro atoms. The molecule has 0 saturated carbocycles. The molecule has 0 unspecified atom stereocenters. The number of esters is 2. The average molecular weight is 310 g/mol. The summed E-state index contributed by atoms with van der Waals surface area (Å²) in [5.74, 6) is -1.18.